The molecular weight excluding hydrogens is 400 g/mol. The Morgan fingerprint density at radius 1 is 1.28 bits per heavy atom. The van der Waals surface area contributed by atoms with Gasteiger partial charge < -0.3 is 10.1 Å². The first-order chi connectivity index (χ1) is 13.6. The van der Waals surface area contributed by atoms with E-state index in [9.17, 15) is 22.0 Å². The van der Waals surface area contributed by atoms with Gasteiger partial charge >= 0.3 is 0 Å². The third-order valence-electron chi connectivity index (χ3n) is 6.14. The average molecular weight is 430 g/mol. The Morgan fingerprint density at radius 3 is 2.66 bits per heavy atom. The van der Waals surface area contributed by atoms with Crippen molar-refractivity contribution in [2.45, 2.75) is 75.2 Å². The second kappa shape index (κ2) is 8.30. The summed E-state index contributed by atoms with van der Waals surface area (Å²) < 4.78 is 59.0. The molecule has 2 unspecified atom stereocenters. The van der Waals surface area contributed by atoms with Crippen LogP contribution in [0.1, 0.15) is 64.4 Å². The number of carbonyl (C=O) groups excluding carboxylic acids is 1. The van der Waals surface area contributed by atoms with Gasteiger partial charge in [0.1, 0.15) is 0 Å². The molecule has 1 amide bonds. The number of carbonyl (C=O) groups is 1. The van der Waals surface area contributed by atoms with Gasteiger partial charge in [0.05, 0.1) is 10.6 Å². The van der Waals surface area contributed by atoms with Crippen molar-refractivity contribution in [3.63, 3.8) is 0 Å². The van der Waals surface area contributed by atoms with E-state index in [1.807, 2.05) is 6.92 Å². The lowest BCUT2D eigenvalue weighted by Crippen LogP contribution is -2.40. The number of hydrogen-bond acceptors (Lipinski definition) is 4. The molecular formula is C21H29F2NO4S. The Labute approximate surface area is 171 Å². The molecule has 1 fully saturated rings. The largest absolute Gasteiger partial charge is 0.360 e. The Hall–Kier alpha value is -1.54. The van der Waals surface area contributed by atoms with Gasteiger partial charge in [0, 0.05) is 30.7 Å². The fraction of sp³-hybridized carbons (Fsp3) is 0.667. The molecule has 2 aliphatic rings. The van der Waals surface area contributed by atoms with Gasteiger partial charge in [-0.1, -0.05) is 20.3 Å². The molecule has 3 rings (SSSR count). The number of rotatable bonds is 8. The zero-order chi connectivity index (χ0) is 21.3. The maximum atomic E-state index is 13.6. The summed E-state index contributed by atoms with van der Waals surface area (Å²) in [7, 11) is -3.68. The third kappa shape index (κ3) is 4.48. The van der Waals surface area contributed by atoms with Gasteiger partial charge in [-0.3, -0.25) is 4.79 Å². The van der Waals surface area contributed by atoms with Crippen molar-refractivity contribution < 1.29 is 26.7 Å². The number of ether oxygens (including phenoxy) is 1. The highest BCUT2D eigenvalue weighted by Gasteiger charge is 2.49. The van der Waals surface area contributed by atoms with Crippen LogP contribution in [-0.2, 0) is 25.0 Å². The molecule has 1 spiro atoms. The van der Waals surface area contributed by atoms with Gasteiger partial charge in [0.15, 0.2) is 15.4 Å². The van der Waals surface area contributed by atoms with Gasteiger partial charge in [-0.25, -0.2) is 17.2 Å². The molecule has 2 aliphatic heterocycles. The summed E-state index contributed by atoms with van der Waals surface area (Å²) in [5.41, 5.74) is 0.0197. The molecule has 1 saturated heterocycles. The summed E-state index contributed by atoms with van der Waals surface area (Å²) in [6.07, 6.45) is 2.32. The van der Waals surface area contributed by atoms with E-state index in [0.29, 0.717) is 30.7 Å². The van der Waals surface area contributed by atoms with Crippen LogP contribution in [0.5, 0.6) is 0 Å². The zero-order valence-electron chi connectivity index (χ0n) is 17.0. The molecule has 2 atom stereocenters. The van der Waals surface area contributed by atoms with E-state index in [-0.39, 0.29) is 41.7 Å². The van der Waals surface area contributed by atoms with Crippen LogP contribution in [0.25, 0.3) is 0 Å². The highest BCUT2D eigenvalue weighted by molar-refractivity contribution is 7.91. The summed E-state index contributed by atoms with van der Waals surface area (Å²) in [4.78, 5) is 12.7. The molecule has 0 aromatic heterocycles. The van der Waals surface area contributed by atoms with Crippen LogP contribution in [0.3, 0.4) is 0 Å². The maximum absolute atomic E-state index is 13.6. The number of sulfone groups is 1. The van der Waals surface area contributed by atoms with E-state index < -0.39 is 21.4 Å². The number of amides is 1. The maximum Gasteiger partial charge on any atom is 0.261 e. The van der Waals surface area contributed by atoms with Crippen LogP contribution in [0, 0.1) is 5.92 Å². The lowest BCUT2D eigenvalue weighted by Gasteiger charge is -2.31. The van der Waals surface area contributed by atoms with Crippen molar-refractivity contribution in [3.05, 3.63) is 23.8 Å². The van der Waals surface area contributed by atoms with E-state index in [1.165, 1.54) is 19.1 Å². The van der Waals surface area contributed by atoms with E-state index in [2.05, 4.69) is 5.32 Å². The highest BCUT2D eigenvalue weighted by Crippen LogP contribution is 2.45. The summed E-state index contributed by atoms with van der Waals surface area (Å²) >= 11 is 0. The Bertz CT molecular complexity index is 863. The Morgan fingerprint density at radius 2 is 2.03 bits per heavy atom. The molecule has 1 aromatic rings. The smallest absolute Gasteiger partial charge is 0.261 e. The molecule has 2 heterocycles. The number of hydrogen-bond donors (Lipinski definition) is 1. The highest BCUT2D eigenvalue weighted by atomic mass is 32.2. The molecule has 0 saturated carbocycles. The summed E-state index contributed by atoms with van der Waals surface area (Å²) in [5, 5.41) is 2.79. The van der Waals surface area contributed by atoms with Gasteiger partial charge in [-0.05, 0) is 49.8 Å². The van der Waals surface area contributed by atoms with Crippen LogP contribution in [-0.4, -0.2) is 32.6 Å². The monoisotopic (exact) mass is 429 g/mol. The van der Waals surface area contributed by atoms with E-state index in [1.54, 1.807) is 6.07 Å². The minimum Gasteiger partial charge on any atom is -0.360 e. The molecule has 162 valence electrons. The van der Waals surface area contributed by atoms with Crippen molar-refractivity contribution in [2.75, 3.05) is 17.7 Å². The van der Waals surface area contributed by atoms with Crippen molar-refractivity contribution in [2.24, 2.45) is 5.92 Å². The van der Waals surface area contributed by atoms with E-state index >= 15 is 0 Å². The van der Waals surface area contributed by atoms with E-state index in [4.69, 9.17) is 4.74 Å². The second-order valence-electron chi connectivity index (χ2n) is 8.10. The summed E-state index contributed by atoms with van der Waals surface area (Å²) in [5.74, 6) is -3.54. The summed E-state index contributed by atoms with van der Waals surface area (Å²) in [6.45, 7) is 3.70. The SMILES string of the molecule is CCC(CCC(F)(F)CC)CS(=O)(=O)c1ccc2c(c1)C1(CCCCO1)C(=O)N2. The standard InChI is InChI=1S/C21H29F2NO4S/c1-3-15(9-11-20(22,23)4-2)14-29(26,27)16-7-8-18-17(13-16)21(19(25)24-18)10-5-6-12-28-21/h7-8,13,15H,3-6,9-12,14H2,1-2H3,(H,24,25). The minimum atomic E-state index is -3.68. The first kappa shape index (κ1) is 22.2. The van der Waals surface area contributed by atoms with Crippen LogP contribution >= 0.6 is 0 Å². The molecule has 0 bridgehead atoms. The molecule has 0 radical (unpaired) electrons. The van der Waals surface area contributed by atoms with Crippen LogP contribution in [0.15, 0.2) is 23.1 Å². The number of nitrogens with one attached hydrogen (secondary N) is 1. The van der Waals surface area contributed by atoms with Crippen molar-refractivity contribution in [1.82, 2.24) is 0 Å². The Kier molecular flexibility index (Phi) is 6.34. The fourth-order valence-corrected chi connectivity index (χ4v) is 5.88. The van der Waals surface area contributed by atoms with Crippen LogP contribution in [0.4, 0.5) is 14.5 Å². The lowest BCUT2D eigenvalue weighted by molar-refractivity contribution is -0.147. The van der Waals surface area contributed by atoms with Crippen LogP contribution < -0.4 is 5.32 Å². The first-order valence-electron chi connectivity index (χ1n) is 10.3. The molecule has 1 N–H and O–H groups in total. The normalized spacial score (nSPS) is 23.1. The van der Waals surface area contributed by atoms with Crippen molar-refractivity contribution in [3.8, 4) is 0 Å². The minimum absolute atomic E-state index is 0.113. The fourth-order valence-electron chi connectivity index (χ4n) is 4.10. The zero-order valence-corrected chi connectivity index (χ0v) is 17.8. The third-order valence-corrected chi connectivity index (χ3v) is 8.02. The first-order valence-corrected chi connectivity index (χ1v) is 12.0. The molecule has 5 nitrogen and oxygen atoms in total. The number of anilines is 1. The molecule has 8 heteroatoms. The van der Waals surface area contributed by atoms with Gasteiger partial charge in [-0.15, -0.1) is 0 Å². The number of fused-ring (bicyclic) bond motifs is 2. The number of alkyl halides is 2. The average Bonchev–Trinajstić information content (AvgIpc) is 2.96. The van der Waals surface area contributed by atoms with Crippen molar-refractivity contribution >= 4 is 21.4 Å². The van der Waals surface area contributed by atoms with Gasteiger partial charge in [0.25, 0.3) is 5.91 Å². The molecule has 1 aromatic carbocycles. The number of benzene rings is 1. The molecule has 0 aliphatic carbocycles. The second-order valence-corrected chi connectivity index (χ2v) is 10.1. The topological polar surface area (TPSA) is 72.5 Å². The van der Waals surface area contributed by atoms with Crippen LogP contribution in [0.2, 0.25) is 0 Å². The molecule has 29 heavy (non-hydrogen) atoms. The van der Waals surface area contributed by atoms with Gasteiger partial charge in [-0.2, -0.15) is 0 Å². The predicted octanol–water partition coefficient (Wildman–Crippen LogP) is 4.66. The Balaban J connectivity index is 1.82. The van der Waals surface area contributed by atoms with Crippen molar-refractivity contribution in [1.29, 1.82) is 0 Å². The van der Waals surface area contributed by atoms with E-state index in [0.717, 1.165) is 12.8 Å². The predicted molar refractivity (Wildman–Crippen MR) is 107 cm³/mol. The number of halogens is 2. The lowest BCUT2D eigenvalue weighted by atomic mass is 9.87. The van der Waals surface area contributed by atoms with Gasteiger partial charge in [0.2, 0.25) is 5.92 Å². The quantitative estimate of drug-likeness (QED) is 0.652. The summed E-state index contributed by atoms with van der Waals surface area (Å²) in [6, 6.07) is 4.60.